The van der Waals surface area contributed by atoms with Crippen molar-refractivity contribution in [3.05, 3.63) is 77.4 Å². The molecule has 1 saturated heterocycles. The molecule has 2 aromatic carbocycles. The van der Waals surface area contributed by atoms with Crippen molar-refractivity contribution in [1.29, 1.82) is 0 Å². The summed E-state index contributed by atoms with van der Waals surface area (Å²) in [7, 11) is 0. The molecule has 1 aliphatic heterocycles. The van der Waals surface area contributed by atoms with Gasteiger partial charge in [0.15, 0.2) is 0 Å². The van der Waals surface area contributed by atoms with Gasteiger partial charge in [-0.1, -0.05) is 24.3 Å². The van der Waals surface area contributed by atoms with Crippen molar-refractivity contribution in [2.24, 2.45) is 0 Å². The average molecular weight is 346 g/mol. The van der Waals surface area contributed by atoms with Gasteiger partial charge in [0.25, 0.3) is 0 Å². The number of hydrogen-bond acceptors (Lipinski definition) is 3. The van der Waals surface area contributed by atoms with Crippen molar-refractivity contribution < 1.29 is 18.7 Å². The molecule has 0 aromatic heterocycles. The fourth-order valence-corrected chi connectivity index (χ4v) is 2.32. The highest BCUT2D eigenvalue weighted by atomic mass is 19.1. The van der Waals surface area contributed by atoms with E-state index in [-0.39, 0.29) is 0 Å². The molecule has 3 N–H and O–H groups in total. The molecule has 4 nitrogen and oxygen atoms in total. The Morgan fingerprint density at radius 1 is 0.800 bits per heavy atom. The van der Waals surface area contributed by atoms with E-state index in [0.29, 0.717) is 16.7 Å². The summed E-state index contributed by atoms with van der Waals surface area (Å²) >= 11 is 0. The molecule has 1 aliphatic rings. The summed E-state index contributed by atoms with van der Waals surface area (Å²) in [6, 6.07) is 10.9. The van der Waals surface area contributed by atoms with Gasteiger partial charge in [-0.2, -0.15) is 0 Å². The second kappa shape index (κ2) is 9.66. The number of carboxylic acid groups (broad SMARTS) is 1. The normalized spacial score (nSPS) is 13.4. The summed E-state index contributed by atoms with van der Waals surface area (Å²) in [6.07, 6.45) is 1.01. The maximum atomic E-state index is 12.9. The van der Waals surface area contributed by atoms with Crippen LogP contribution in [0.3, 0.4) is 0 Å². The molecule has 132 valence electrons. The largest absolute Gasteiger partial charge is 0.478 e. The van der Waals surface area contributed by atoms with E-state index in [1.165, 1.54) is 48.5 Å². The van der Waals surface area contributed by atoms with Crippen molar-refractivity contribution in [3.63, 3.8) is 0 Å². The summed E-state index contributed by atoms with van der Waals surface area (Å²) < 4.78 is 25.8. The third-order valence-corrected chi connectivity index (χ3v) is 3.54. The summed E-state index contributed by atoms with van der Waals surface area (Å²) in [5.74, 6) is -1.93. The number of halogens is 2. The van der Waals surface area contributed by atoms with Gasteiger partial charge in [-0.3, -0.25) is 0 Å². The fraction of sp³-hybridized carbons (Fsp3) is 0.211. The first kappa shape index (κ1) is 18.8. The Kier molecular flexibility index (Phi) is 7.25. The van der Waals surface area contributed by atoms with Gasteiger partial charge in [-0.25, -0.2) is 13.6 Å². The molecule has 1 heterocycles. The van der Waals surface area contributed by atoms with Crippen LogP contribution in [0.25, 0.3) is 5.57 Å². The second-order valence-electron chi connectivity index (χ2n) is 5.41. The van der Waals surface area contributed by atoms with E-state index in [9.17, 15) is 13.6 Å². The zero-order chi connectivity index (χ0) is 18.1. The number of rotatable bonds is 3. The zero-order valence-electron chi connectivity index (χ0n) is 13.6. The van der Waals surface area contributed by atoms with Crippen LogP contribution in [-0.2, 0) is 4.79 Å². The van der Waals surface area contributed by atoms with E-state index in [1.54, 1.807) is 0 Å². The Morgan fingerprint density at radius 3 is 1.44 bits per heavy atom. The third-order valence-electron chi connectivity index (χ3n) is 3.54. The van der Waals surface area contributed by atoms with E-state index in [0.717, 1.165) is 32.3 Å². The van der Waals surface area contributed by atoms with Crippen LogP contribution in [0.15, 0.2) is 54.6 Å². The maximum absolute atomic E-state index is 12.9. The van der Waals surface area contributed by atoms with Crippen LogP contribution in [0.1, 0.15) is 11.1 Å². The lowest BCUT2D eigenvalue weighted by atomic mass is 9.97. The molecule has 6 heteroatoms. The van der Waals surface area contributed by atoms with Crippen LogP contribution in [0.2, 0.25) is 0 Å². The number of carboxylic acids is 1. The molecule has 0 amide bonds. The Bertz CT molecular complexity index is 650. The predicted octanol–water partition coefficient (Wildman–Crippen LogP) is 2.66. The average Bonchev–Trinajstić information content (AvgIpc) is 2.63. The van der Waals surface area contributed by atoms with E-state index < -0.39 is 17.6 Å². The molecule has 25 heavy (non-hydrogen) atoms. The van der Waals surface area contributed by atoms with Gasteiger partial charge >= 0.3 is 5.97 Å². The zero-order valence-corrected chi connectivity index (χ0v) is 13.6. The lowest BCUT2D eigenvalue weighted by Crippen LogP contribution is -2.39. The fourth-order valence-electron chi connectivity index (χ4n) is 2.32. The molecule has 0 aliphatic carbocycles. The maximum Gasteiger partial charge on any atom is 0.328 e. The molecule has 0 spiro atoms. The Balaban J connectivity index is 0.000000316. The van der Waals surface area contributed by atoms with Crippen molar-refractivity contribution >= 4 is 11.5 Å². The molecule has 1 fully saturated rings. The first-order valence-electron chi connectivity index (χ1n) is 7.94. The Morgan fingerprint density at radius 2 is 1.16 bits per heavy atom. The van der Waals surface area contributed by atoms with Crippen LogP contribution in [0.4, 0.5) is 8.78 Å². The highest BCUT2D eigenvalue weighted by Gasteiger charge is 2.08. The quantitative estimate of drug-likeness (QED) is 0.748. The second-order valence-corrected chi connectivity index (χ2v) is 5.41. The summed E-state index contributed by atoms with van der Waals surface area (Å²) in [6.45, 7) is 4.56. The minimum absolute atomic E-state index is 0.396. The van der Waals surface area contributed by atoms with Crippen LogP contribution in [0.5, 0.6) is 0 Å². The van der Waals surface area contributed by atoms with Gasteiger partial charge < -0.3 is 15.7 Å². The summed E-state index contributed by atoms with van der Waals surface area (Å²) in [5.41, 5.74) is 1.50. The van der Waals surface area contributed by atoms with Crippen LogP contribution >= 0.6 is 0 Å². The topological polar surface area (TPSA) is 61.4 Å². The molecule has 0 bridgehead atoms. The molecular weight excluding hydrogens is 326 g/mol. The van der Waals surface area contributed by atoms with Gasteiger partial charge in [0.1, 0.15) is 11.6 Å². The number of piperazine rings is 1. The van der Waals surface area contributed by atoms with Crippen molar-refractivity contribution in [1.82, 2.24) is 10.6 Å². The molecule has 0 unspecified atom stereocenters. The highest BCUT2D eigenvalue weighted by Crippen LogP contribution is 2.23. The standard InChI is InChI=1S/C15H10F2O2.C4H10N2/c16-12-5-1-10(2-6-12)14(9-15(18)19)11-3-7-13(17)8-4-11;1-2-6-4-3-5-1/h1-9H,(H,18,19);5-6H,1-4H2. The molecular formula is C19H20F2N2O2. The lowest BCUT2D eigenvalue weighted by molar-refractivity contribution is -0.131. The van der Waals surface area contributed by atoms with Crippen LogP contribution < -0.4 is 10.6 Å². The van der Waals surface area contributed by atoms with E-state index >= 15 is 0 Å². The molecule has 0 radical (unpaired) electrons. The van der Waals surface area contributed by atoms with Gasteiger partial charge in [0.05, 0.1) is 0 Å². The molecule has 2 aromatic rings. The number of benzene rings is 2. The minimum atomic E-state index is -1.12. The van der Waals surface area contributed by atoms with Gasteiger partial charge in [0, 0.05) is 32.3 Å². The van der Waals surface area contributed by atoms with E-state index in [1.807, 2.05) is 0 Å². The monoisotopic (exact) mass is 346 g/mol. The highest BCUT2D eigenvalue weighted by molar-refractivity contribution is 5.95. The van der Waals surface area contributed by atoms with Crippen molar-refractivity contribution in [2.75, 3.05) is 26.2 Å². The van der Waals surface area contributed by atoms with E-state index in [4.69, 9.17) is 5.11 Å². The Labute approximate surface area is 145 Å². The molecule has 3 rings (SSSR count). The summed E-state index contributed by atoms with van der Waals surface area (Å²) in [4.78, 5) is 10.9. The van der Waals surface area contributed by atoms with Crippen LogP contribution in [0, 0.1) is 11.6 Å². The number of aliphatic carboxylic acids is 1. The smallest absolute Gasteiger partial charge is 0.328 e. The molecule has 0 saturated carbocycles. The predicted molar refractivity (Wildman–Crippen MR) is 93.3 cm³/mol. The number of carbonyl (C=O) groups is 1. The number of hydrogen-bond donors (Lipinski definition) is 3. The van der Waals surface area contributed by atoms with Gasteiger partial charge in [0.2, 0.25) is 0 Å². The summed E-state index contributed by atoms with van der Waals surface area (Å²) in [5, 5.41) is 15.3. The SMILES string of the molecule is C1CNCCN1.O=C(O)C=C(c1ccc(F)cc1)c1ccc(F)cc1. The first-order valence-corrected chi connectivity index (χ1v) is 7.94. The van der Waals surface area contributed by atoms with Gasteiger partial charge in [-0.05, 0) is 41.0 Å². The minimum Gasteiger partial charge on any atom is -0.478 e. The first-order chi connectivity index (χ1) is 12.1. The van der Waals surface area contributed by atoms with Crippen molar-refractivity contribution in [2.45, 2.75) is 0 Å². The lowest BCUT2D eigenvalue weighted by Gasteiger charge is -2.11. The van der Waals surface area contributed by atoms with Crippen LogP contribution in [-0.4, -0.2) is 37.3 Å². The van der Waals surface area contributed by atoms with Crippen molar-refractivity contribution in [3.8, 4) is 0 Å². The third kappa shape index (κ3) is 6.45. The number of nitrogens with one attached hydrogen (secondary N) is 2. The Hall–Kier alpha value is -2.57. The van der Waals surface area contributed by atoms with Gasteiger partial charge in [-0.15, -0.1) is 0 Å². The van der Waals surface area contributed by atoms with E-state index in [2.05, 4.69) is 10.6 Å². The molecule has 0 atom stereocenters.